The number of aromatic nitrogens is 2. The highest BCUT2D eigenvalue weighted by atomic mass is 16.6. The van der Waals surface area contributed by atoms with Crippen LogP contribution in [0, 0.1) is 10.1 Å². The molecular formula is C12H11N3O3. The largest absolute Gasteiger partial charge is 0.270 e. The number of benzene rings is 1. The second-order valence-electron chi connectivity index (χ2n) is 3.68. The Morgan fingerprint density at radius 3 is 2.61 bits per heavy atom. The molecule has 0 N–H and O–H groups in total. The quantitative estimate of drug-likeness (QED) is 0.612. The summed E-state index contributed by atoms with van der Waals surface area (Å²) in [6.07, 6.45) is 3.79. The summed E-state index contributed by atoms with van der Waals surface area (Å²) in [5.74, 6) is 0.428. The number of nitro groups is 1. The Labute approximate surface area is 103 Å². The highest BCUT2D eigenvalue weighted by molar-refractivity contribution is 5.96. The van der Waals surface area contributed by atoms with Crippen LogP contribution in [0.15, 0.2) is 36.7 Å². The van der Waals surface area contributed by atoms with Crippen LogP contribution in [0.25, 0.3) is 0 Å². The molecule has 92 valence electrons. The molecule has 2 aromatic rings. The lowest BCUT2D eigenvalue weighted by molar-refractivity contribution is -0.384. The SMILES string of the molecule is CCc1nccn1C(=O)c1ccc([N+](=O)[O-])cc1. The molecule has 0 aliphatic carbocycles. The molecule has 0 saturated heterocycles. The summed E-state index contributed by atoms with van der Waals surface area (Å²) in [5.41, 5.74) is 0.362. The van der Waals surface area contributed by atoms with Gasteiger partial charge in [0, 0.05) is 36.5 Å². The van der Waals surface area contributed by atoms with Crippen LogP contribution in [0.5, 0.6) is 0 Å². The van der Waals surface area contributed by atoms with Gasteiger partial charge < -0.3 is 0 Å². The Morgan fingerprint density at radius 1 is 1.39 bits per heavy atom. The topological polar surface area (TPSA) is 78.0 Å². The molecule has 1 aromatic carbocycles. The molecular weight excluding hydrogens is 234 g/mol. The van der Waals surface area contributed by atoms with E-state index >= 15 is 0 Å². The fraction of sp³-hybridized carbons (Fsp3) is 0.167. The molecule has 6 nitrogen and oxygen atoms in total. The van der Waals surface area contributed by atoms with Gasteiger partial charge in [-0.2, -0.15) is 0 Å². The lowest BCUT2D eigenvalue weighted by Gasteiger charge is -2.04. The number of carbonyl (C=O) groups excluding carboxylic acids is 1. The van der Waals surface area contributed by atoms with Gasteiger partial charge >= 0.3 is 0 Å². The van der Waals surface area contributed by atoms with Crippen molar-refractivity contribution >= 4 is 11.6 Å². The summed E-state index contributed by atoms with van der Waals surface area (Å²) in [6.45, 7) is 1.90. The summed E-state index contributed by atoms with van der Waals surface area (Å²) in [7, 11) is 0. The van der Waals surface area contributed by atoms with Crippen LogP contribution in [0.2, 0.25) is 0 Å². The molecule has 1 heterocycles. The number of nitrogens with zero attached hydrogens (tertiary/aromatic N) is 3. The number of aryl methyl sites for hydroxylation is 1. The van der Waals surface area contributed by atoms with E-state index in [-0.39, 0.29) is 11.6 Å². The molecule has 0 radical (unpaired) electrons. The maximum absolute atomic E-state index is 12.1. The van der Waals surface area contributed by atoms with Crippen molar-refractivity contribution in [2.75, 3.05) is 0 Å². The van der Waals surface area contributed by atoms with Crippen LogP contribution in [-0.4, -0.2) is 20.4 Å². The molecule has 18 heavy (non-hydrogen) atoms. The molecule has 0 aliphatic heterocycles. The van der Waals surface area contributed by atoms with Crippen molar-refractivity contribution in [2.24, 2.45) is 0 Å². The van der Waals surface area contributed by atoms with Crippen molar-refractivity contribution in [1.29, 1.82) is 0 Å². The summed E-state index contributed by atoms with van der Waals surface area (Å²) in [5, 5.41) is 10.5. The summed E-state index contributed by atoms with van der Waals surface area (Å²) in [4.78, 5) is 26.2. The molecule has 1 aromatic heterocycles. The summed E-state index contributed by atoms with van der Waals surface area (Å²) >= 11 is 0. The van der Waals surface area contributed by atoms with Crippen LogP contribution in [0.4, 0.5) is 5.69 Å². The van der Waals surface area contributed by atoms with Crippen molar-refractivity contribution < 1.29 is 9.72 Å². The molecule has 2 rings (SSSR count). The zero-order valence-corrected chi connectivity index (χ0v) is 9.74. The lowest BCUT2D eigenvalue weighted by atomic mass is 10.2. The van der Waals surface area contributed by atoms with Crippen molar-refractivity contribution in [3.05, 3.63) is 58.2 Å². The van der Waals surface area contributed by atoms with Gasteiger partial charge in [0.1, 0.15) is 5.82 Å². The van der Waals surface area contributed by atoms with Crippen LogP contribution in [-0.2, 0) is 6.42 Å². The van der Waals surface area contributed by atoms with E-state index in [9.17, 15) is 14.9 Å². The Morgan fingerprint density at radius 2 is 2.06 bits per heavy atom. The average molecular weight is 245 g/mol. The Bertz CT molecular complexity index is 587. The first-order valence-electron chi connectivity index (χ1n) is 5.45. The van der Waals surface area contributed by atoms with Gasteiger partial charge in [0.25, 0.3) is 11.6 Å². The molecule has 0 atom stereocenters. The Kier molecular flexibility index (Phi) is 3.18. The van der Waals surface area contributed by atoms with Crippen molar-refractivity contribution in [3.63, 3.8) is 0 Å². The first kappa shape index (κ1) is 12.0. The van der Waals surface area contributed by atoms with Gasteiger partial charge in [-0.25, -0.2) is 4.98 Å². The minimum atomic E-state index is -0.497. The van der Waals surface area contributed by atoms with E-state index < -0.39 is 4.92 Å². The van der Waals surface area contributed by atoms with E-state index in [4.69, 9.17) is 0 Å². The molecule has 0 bridgehead atoms. The van der Waals surface area contributed by atoms with Crippen LogP contribution in [0.1, 0.15) is 23.1 Å². The molecule has 0 fully saturated rings. The van der Waals surface area contributed by atoms with Gasteiger partial charge in [0.15, 0.2) is 0 Å². The van der Waals surface area contributed by atoms with Gasteiger partial charge in [0.05, 0.1) is 4.92 Å². The van der Waals surface area contributed by atoms with E-state index in [0.29, 0.717) is 17.8 Å². The second-order valence-corrected chi connectivity index (χ2v) is 3.68. The smallest absolute Gasteiger partial charge is 0.269 e. The normalized spacial score (nSPS) is 10.3. The first-order valence-corrected chi connectivity index (χ1v) is 5.45. The standard InChI is InChI=1S/C12H11N3O3/c1-2-11-13-7-8-14(11)12(16)9-3-5-10(6-4-9)15(17)18/h3-8H,2H2,1H3. The van der Waals surface area contributed by atoms with E-state index in [0.717, 1.165) is 0 Å². The highest BCUT2D eigenvalue weighted by Gasteiger charge is 2.13. The van der Waals surface area contributed by atoms with Crippen LogP contribution in [0.3, 0.4) is 0 Å². The number of imidazole rings is 1. The molecule has 6 heteroatoms. The number of hydrogen-bond donors (Lipinski definition) is 0. The van der Waals surface area contributed by atoms with E-state index in [1.165, 1.54) is 28.8 Å². The first-order chi connectivity index (χ1) is 8.63. The number of carbonyl (C=O) groups is 1. The van der Waals surface area contributed by atoms with Crippen LogP contribution < -0.4 is 0 Å². The third-order valence-electron chi connectivity index (χ3n) is 2.58. The molecule has 0 saturated carbocycles. The predicted octanol–water partition coefficient (Wildman–Crippen LogP) is 2.04. The van der Waals surface area contributed by atoms with Gasteiger partial charge in [0.2, 0.25) is 0 Å². The lowest BCUT2D eigenvalue weighted by Crippen LogP contribution is -2.14. The van der Waals surface area contributed by atoms with Gasteiger partial charge in [-0.3, -0.25) is 19.5 Å². The number of rotatable bonds is 3. The Balaban J connectivity index is 2.32. The van der Waals surface area contributed by atoms with Gasteiger partial charge in [-0.15, -0.1) is 0 Å². The summed E-state index contributed by atoms with van der Waals surface area (Å²) < 4.78 is 1.45. The van der Waals surface area contributed by atoms with E-state index in [1.807, 2.05) is 6.92 Å². The molecule has 0 unspecified atom stereocenters. The summed E-state index contributed by atoms with van der Waals surface area (Å²) in [6, 6.07) is 5.52. The van der Waals surface area contributed by atoms with Crippen molar-refractivity contribution in [3.8, 4) is 0 Å². The van der Waals surface area contributed by atoms with E-state index in [2.05, 4.69) is 4.98 Å². The maximum atomic E-state index is 12.1. The number of non-ortho nitro benzene ring substituents is 1. The average Bonchev–Trinajstić information content (AvgIpc) is 2.86. The molecule has 0 amide bonds. The zero-order valence-electron chi connectivity index (χ0n) is 9.74. The molecule has 0 aliphatic rings. The Hall–Kier alpha value is -2.50. The van der Waals surface area contributed by atoms with Gasteiger partial charge in [-0.05, 0) is 12.1 Å². The van der Waals surface area contributed by atoms with E-state index in [1.54, 1.807) is 12.4 Å². The second kappa shape index (κ2) is 4.79. The number of hydrogen-bond acceptors (Lipinski definition) is 4. The van der Waals surface area contributed by atoms with Crippen molar-refractivity contribution in [2.45, 2.75) is 13.3 Å². The van der Waals surface area contributed by atoms with Gasteiger partial charge in [-0.1, -0.05) is 6.92 Å². The highest BCUT2D eigenvalue weighted by Crippen LogP contribution is 2.13. The monoisotopic (exact) mass is 245 g/mol. The minimum Gasteiger partial charge on any atom is -0.270 e. The fourth-order valence-electron chi connectivity index (χ4n) is 1.65. The maximum Gasteiger partial charge on any atom is 0.269 e. The number of nitro benzene ring substituents is 1. The zero-order chi connectivity index (χ0) is 13.1. The third kappa shape index (κ3) is 2.13. The fourth-order valence-corrected chi connectivity index (χ4v) is 1.65. The predicted molar refractivity (Wildman–Crippen MR) is 64.4 cm³/mol. The van der Waals surface area contributed by atoms with Crippen molar-refractivity contribution in [1.82, 2.24) is 9.55 Å². The third-order valence-corrected chi connectivity index (χ3v) is 2.58. The minimum absolute atomic E-state index is 0.0344. The molecule has 0 spiro atoms. The van der Waals surface area contributed by atoms with Crippen LogP contribution >= 0.6 is 0 Å².